The van der Waals surface area contributed by atoms with Crippen molar-refractivity contribution in [2.24, 2.45) is 22.2 Å². The number of para-hydroxylation sites is 1. The first-order chi connectivity index (χ1) is 11.4. The van der Waals surface area contributed by atoms with Crippen LogP contribution in [0.2, 0.25) is 5.02 Å². The van der Waals surface area contributed by atoms with Crippen molar-refractivity contribution < 1.29 is 4.79 Å². The highest BCUT2D eigenvalue weighted by molar-refractivity contribution is 9.10. The molecule has 0 radical (unpaired) electrons. The lowest BCUT2D eigenvalue weighted by atomic mass is 10.2. The highest BCUT2D eigenvalue weighted by Gasteiger charge is 2.12. The van der Waals surface area contributed by atoms with Gasteiger partial charge in [0.05, 0.1) is 20.8 Å². The number of anilines is 2. The number of primary amides is 1. The van der Waals surface area contributed by atoms with E-state index >= 15 is 0 Å². The summed E-state index contributed by atoms with van der Waals surface area (Å²) in [5.41, 5.74) is 16.7. The molecule has 1 aromatic heterocycles. The van der Waals surface area contributed by atoms with E-state index < -0.39 is 5.91 Å². The Hall–Kier alpha value is -2.65. The summed E-state index contributed by atoms with van der Waals surface area (Å²) in [4.78, 5) is 23.6. The average molecular weight is 411 g/mol. The molecule has 0 unspecified atom stereocenters. The molecule has 0 saturated carbocycles. The van der Waals surface area contributed by atoms with Gasteiger partial charge in [0.25, 0.3) is 5.91 Å². The van der Waals surface area contributed by atoms with E-state index in [-0.39, 0.29) is 23.2 Å². The molecular weight excluding hydrogens is 398 g/mol. The molecule has 1 amide bonds. The highest BCUT2D eigenvalue weighted by Crippen LogP contribution is 2.27. The number of carbonyl (C=O) groups is 1. The molecular formula is C14H13BrClN7O. The fourth-order valence-corrected chi connectivity index (χ4v) is 2.11. The van der Waals surface area contributed by atoms with Crippen LogP contribution in [0.5, 0.6) is 0 Å². The van der Waals surface area contributed by atoms with Crippen molar-refractivity contribution in [3.05, 3.63) is 51.7 Å². The lowest BCUT2D eigenvalue weighted by molar-refractivity contribution is -0.114. The smallest absolute Gasteiger partial charge is 0.253 e. The van der Waals surface area contributed by atoms with Crippen LogP contribution < -0.4 is 22.5 Å². The Morgan fingerprint density at radius 2 is 2.04 bits per heavy atom. The van der Waals surface area contributed by atoms with Gasteiger partial charge >= 0.3 is 0 Å². The van der Waals surface area contributed by atoms with Crippen LogP contribution in [0.25, 0.3) is 0 Å². The molecule has 7 N–H and O–H groups in total. The molecule has 24 heavy (non-hydrogen) atoms. The summed E-state index contributed by atoms with van der Waals surface area (Å²) in [5.74, 6) is -0.515. The summed E-state index contributed by atoms with van der Waals surface area (Å²) in [6.07, 6.45) is 2.47. The fraction of sp³-hybridized carbons (Fsp3) is 0. The van der Waals surface area contributed by atoms with Crippen molar-refractivity contribution in [2.45, 2.75) is 0 Å². The number of rotatable bonds is 5. The molecule has 0 fully saturated rings. The number of benzene rings is 1. The second kappa shape index (κ2) is 7.75. The van der Waals surface area contributed by atoms with Gasteiger partial charge in [-0.3, -0.25) is 4.79 Å². The molecule has 0 spiro atoms. The highest BCUT2D eigenvalue weighted by atomic mass is 79.9. The summed E-state index contributed by atoms with van der Waals surface area (Å²) in [6, 6.07) is 7.12. The van der Waals surface area contributed by atoms with Gasteiger partial charge in [0, 0.05) is 12.4 Å². The maximum absolute atomic E-state index is 11.2. The maximum Gasteiger partial charge on any atom is 0.253 e. The zero-order valence-corrected chi connectivity index (χ0v) is 14.5. The Morgan fingerprint density at radius 3 is 2.67 bits per heavy atom. The normalized spacial score (nSPS) is 12.1. The van der Waals surface area contributed by atoms with Crippen molar-refractivity contribution in [1.82, 2.24) is 9.97 Å². The Labute approximate surface area is 150 Å². The molecule has 0 aliphatic heterocycles. The molecule has 0 atom stereocenters. The maximum atomic E-state index is 11.2. The number of aliphatic imine (C=N–C) groups is 1. The number of nitrogens with two attached hydrogens (primary N) is 3. The van der Waals surface area contributed by atoms with Crippen molar-refractivity contribution in [2.75, 3.05) is 5.32 Å². The van der Waals surface area contributed by atoms with Gasteiger partial charge in [-0.2, -0.15) is 4.98 Å². The van der Waals surface area contributed by atoms with Gasteiger partial charge in [-0.05, 0) is 28.1 Å². The molecule has 1 heterocycles. The quantitative estimate of drug-likeness (QED) is 0.337. The number of hydrogen-bond acceptors (Lipinski definition) is 6. The Morgan fingerprint density at radius 1 is 1.33 bits per heavy atom. The molecule has 0 aliphatic rings. The largest absolute Gasteiger partial charge is 0.404 e. The second-order valence-corrected chi connectivity index (χ2v) is 5.67. The van der Waals surface area contributed by atoms with Crippen LogP contribution >= 0.6 is 27.5 Å². The average Bonchev–Trinajstić information content (AvgIpc) is 2.53. The van der Waals surface area contributed by atoms with Crippen molar-refractivity contribution in [3.63, 3.8) is 0 Å². The predicted octanol–water partition coefficient (Wildman–Crippen LogP) is 1.95. The van der Waals surface area contributed by atoms with Crippen LogP contribution in [-0.2, 0) is 4.79 Å². The van der Waals surface area contributed by atoms with E-state index in [1.165, 1.54) is 6.20 Å². The van der Waals surface area contributed by atoms with E-state index in [9.17, 15) is 4.79 Å². The van der Waals surface area contributed by atoms with E-state index in [1.54, 1.807) is 18.2 Å². The molecule has 8 nitrogen and oxygen atoms in total. The number of hydrogen-bond donors (Lipinski definition) is 4. The van der Waals surface area contributed by atoms with Gasteiger partial charge in [-0.15, -0.1) is 0 Å². The lowest BCUT2D eigenvalue weighted by Crippen LogP contribution is -2.27. The number of nitrogens with zero attached hydrogens (tertiary/aromatic N) is 3. The minimum Gasteiger partial charge on any atom is -0.404 e. The third-order valence-electron chi connectivity index (χ3n) is 2.78. The third kappa shape index (κ3) is 4.21. The standard InChI is InChI=1S/C14H13BrClN7O/c15-8-6-20-14(21-10-4-2-1-3-9(10)16)23-13(8)22-11(18)7(5-17)12(19)24/h1-6H,17H2,(H2,19,24)(H3,18,20,21,22,23)/b7-5+. The monoisotopic (exact) mass is 409 g/mol. The topological polar surface area (TPSA) is 145 Å². The van der Waals surface area contributed by atoms with Crippen LogP contribution in [0.4, 0.5) is 17.5 Å². The minimum atomic E-state index is -0.793. The van der Waals surface area contributed by atoms with Crippen LogP contribution in [0.1, 0.15) is 0 Å². The van der Waals surface area contributed by atoms with Crippen LogP contribution in [0.15, 0.2) is 51.7 Å². The van der Waals surface area contributed by atoms with E-state index in [4.69, 9.17) is 28.8 Å². The van der Waals surface area contributed by atoms with Gasteiger partial charge < -0.3 is 22.5 Å². The number of carbonyl (C=O) groups excluding carboxylic acids is 1. The van der Waals surface area contributed by atoms with E-state index in [0.717, 1.165) is 6.20 Å². The van der Waals surface area contributed by atoms with Crippen molar-refractivity contribution in [1.29, 1.82) is 0 Å². The number of aromatic nitrogens is 2. The molecule has 0 bridgehead atoms. The number of amides is 1. The zero-order chi connectivity index (χ0) is 17.7. The van der Waals surface area contributed by atoms with Crippen molar-refractivity contribution >= 4 is 56.7 Å². The van der Waals surface area contributed by atoms with E-state index in [1.807, 2.05) is 6.07 Å². The number of nitrogens with one attached hydrogen (secondary N) is 1. The van der Waals surface area contributed by atoms with Gasteiger partial charge in [0.15, 0.2) is 5.82 Å². The van der Waals surface area contributed by atoms with Crippen molar-refractivity contribution in [3.8, 4) is 0 Å². The van der Waals surface area contributed by atoms with E-state index in [0.29, 0.717) is 15.2 Å². The van der Waals surface area contributed by atoms with E-state index in [2.05, 4.69) is 36.2 Å². The van der Waals surface area contributed by atoms with Gasteiger partial charge in [0.2, 0.25) is 5.95 Å². The first-order valence-electron chi connectivity index (χ1n) is 6.52. The van der Waals surface area contributed by atoms with Gasteiger partial charge in [-0.1, -0.05) is 23.7 Å². The number of amidine groups is 1. The molecule has 10 heteroatoms. The Bertz CT molecular complexity index is 838. The minimum absolute atomic E-state index is 0.110. The second-order valence-electron chi connectivity index (χ2n) is 4.41. The first kappa shape index (κ1) is 17.7. The summed E-state index contributed by atoms with van der Waals surface area (Å²) in [7, 11) is 0. The molecule has 2 rings (SSSR count). The molecule has 0 aliphatic carbocycles. The van der Waals surface area contributed by atoms with Crippen LogP contribution in [0.3, 0.4) is 0 Å². The Balaban J connectivity index is 2.36. The Kier molecular flexibility index (Phi) is 5.72. The predicted molar refractivity (Wildman–Crippen MR) is 97.2 cm³/mol. The SMILES string of the molecule is N/C=C(/C(N)=O)C(N)=Nc1nc(Nc2ccccc2Cl)ncc1Br. The summed E-state index contributed by atoms with van der Waals surface area (Å²) in [6.45, 7) is 0. The van der Waals surface area contributed by atoms with Crippen LogP contribution in [0, 0.1) is 0 Å². The molecule has 2 aromatic rings. The number of halogens is 2. The van der Waals surface area contributed by atoms with Crippen LogP contribution in [-0.4, -0.2) is 21.7 Å². The molecule has 1 aromatic carbocycles. The zero-order valence-electron chi connectivity index (χ0n) is 12.2. The third-order valence-corrected chi connectivity index (χ3v) is 3.67. The summed E-state index contributed by atoms with van der Waals surface area (Å²) >= 11 is 9.34. The molecule has 0 saturated heterocycles. The summed E-state index contributed by atoms with van der Waals surface area (Å²) < 4.78 is 0.469. The lowest BCUT2D eigenvalue weighted by Gasteiger charge is -2.08. The molecule has 124 valence electrons. The first-order valence-corrected chi connectivity index (χ1v) is 7.69. The van der Waals surface area contributed by atoms with Gasteiger partial charge in [-0.25, -0.2) is 9.98 Å². The summed E-state index contributed by atoms with van der Waals surface area (Å²) in [5, 5.41) is 3.47. The van der Waals surface area contributed by atoms with Gasteiger partial charge in [0.1, 0.15) is 5.84 Å². The fourth-order valence-electron chi connectivity index (χ4n) is 1.65.